The normalized spacial score (nSPS) is 18.1. The SMILES string of the molecule is C=Cc1cc(C(=O)NCc2c(C)cc(C)[nH]c2=O)c(C)c(N(CC)C2CCC(N(C)C)CC2)c1. The zero-order chi connectivity index (χ0) is 25.0. The van der Waals surface area contributed by atoms with E-state index in [-0.39, 0.29) is 18.0 Å². The lowest BCUT2D eigenvalue weighted by Gasteiger charge is -2.40. The van der Waals surface area contributed by atoms with Gasteiger partial charge in [-0.2, -0.15) is 0 Å². The van der Waals surface area contributed by atoms with E-state index in [2.05, 4.69) is 53.8 Å². The van der Waals surface area contributed by atoms with Crippen LogP contribution in [0.2, 0.25) is 0 Å². The van der Waals surface area contributed by atoms with Crippen molar-refractivity contribution in [3.05, 3.63) is 68.6 Å². The first-order chi connectivity index (χ1) is 16.2. The van der Waals surface area contributed by atoms with Gasteiger partial charge in [-0.15, -0.1) is 0 Å². The highest BCUT2D eigenvalue weighted by Crippen LogP contribution is 2.33. The maximum Gasteiger partial charge on any atom is 0.253 e. The Morgan fingerprint density at radius 2 is 1.76 bits per heavy atom. The molecule has 6 heteroatoms. The molecule has 0 spiro atoms. The zero-order valence-corrected chi connectivity index (χ0v) is 21.6. The number of benzene rings is 1. The van der Waals surface area contributed by atoms with Crippen molar-refractivity contribution in [2.24, 2.45) is 0 Å². The molecule has 1 heterocycles. The Bertz CT molecular complexity index is 1090. The standard InChI is InChI=1S/C28H40N4O2/c1-8-21-15-24(27(33)29-17-25-18(3)14-19(4)30-28(25)34)20(5)26(16-21)32(9-2)23-12-10-22(11-13-23)31(6)7/h8,14-16,22-23H,1,9-13,17H2,2-7H3,(H,29,33)(H,30,34). The first-order valence-corrected chi connectivity index (χ1v) is 12.3. The van der Waals surface area contributed by atoms with Crippen molar-refractivity contribution in [3.63, 3.8) is 0 Å². The third-order valence-electron chi connectivity index (χ3n) is 7.29. The second kappa shape index (κ2) is 11.0. The monoisotopic (exact) mass is 464 g/mol. The number of nitrogens with zero attached hydrogens (tertiary/aromatic N) is 2. The number of hydrogen-bond donors (Lipinski definition) is 2. The van der Waals surface area contributed by atoms with E-state index in [1.807, 2.05) is 32.9 Å². The average molecular weight is 465 g/mol. The molecule has 1 saturated carbocycles. The molecule has 1 amide bonds. The lowest BCUT2D eigenvalue weighted by atomic mass is 9.88. The Kier molecular flexibility index (Phi) is 8.37. The smallest absolute Gasteiger partial charge is 0.253 e. The number of amides is 1. The second-order valence-electron chi connectivity index (χ2n) is 9.75. The molecule has 0 bridgehead atoms. The predicted molar refractivity (Wildman–Crippen MR) is 142 cm³/mol. The van der Waals surface area contributed by atoms with Crippen LogP contribution in [-0.2, 0) is 6.54 Å². The lowest BCUT2D eigenvalue weighted by molar-refractivity contribution is 0.0950. The van der Waals surface area contributed by atoms with Gasteiger partial charge in [0.1, 0.15) is 0 Å². The second-order valence-corrected chi connectivity index (χ2v) is 9.75. The van der Waals surface area contributed by atoms with Gasteiger partial charge in [-0.3, -0.25) is 9.59 Å². The highest BCUT2D eigenvalue weighted by atomic mass is 16.1. The van der Waals surface area contributed by atoms with Gasteiger partial charge in [-0.05, 0) is 102 Å². The molecule has 184 valence electrons. The maximum absolute atomic E-state index is 13.3. The number of aryl methyl sites for hydroxylation is 2. The van der Waals surface area contributed by atoms with Crippen LogP contribution in [-0.4, -0.2) is 48.5 Å². The maximum atomic E-state index is 13.3. The quantitative estimate of drug-likeness (QED) is 0.600. The summed E-state index contributed by atoms with van der Waals surface area (Å²) in [5, 5.41) is 2.97. The van der Waals surface area contributed by atoms with Crippen LogP contribution in [0.3, 0.4) is 0 Å². The summed E-state index contributed by atoms with van der Waals surface area (Å²) >= 11 is 0. The summed E-state index contributed by atoms with van der Waals surface area (Å²) in [4.78, 5) is 33.3. The molecule has 0 atom stereocenters. The number of aromatic nitrogens is 1. The van der Waals surface area contributed by atoms with Gasteiger partial charge >= 0.3 is 0 Å². The summed E-state index contributed by atoms with van der Waals surface area (Å²) in [7, 11) is 4.33. The Hall–Kier alpha value is -2.86. The number of pyridine rings is 1. The summed E-state index contributed by atoms with van der Waals surface area (Å²) in [6.07, 6.45) is 6.46. The van der Waals surface area contributed by atoms with Crippen molar-refractivity contribution in [1.82, 2.24) is 15.2 Å². The first kappa shape index (κ1) is 25.8. The number of H-pyrrole nitrogens is 1. The molecule has 0 radical (unpaired) electrons. The van der Waals surface area contributed by atoms with Crippen LogP contribution in [0.15, 0.2) is 29.6 Å². The molecule has 1 fully saturated rings. The van der Waals surface area contributed by atoms with Crippen LogP contribution in [0, 0.1) is 20.8 Å². The summed E-state index contributed by atoms with van der Waals surface area (Å²) in [6, 6.07) is 7.07. The molecule has 0 unspecified atom stereocenters. The molecule has 0 saturated heterocycles. The fourth-order valence-corrected chi connectivity index (χ4v) is 5.25. The molecule has 1 aromatic carbocycles. The van der Waals surface area contributed by atoms with Crippen molar-refractivity contribution in [1.29, 1.82) is 0 Å². The number of aromatic amines is 1. The van der Waals surface area contributed by atoms with E-state index in [9.17, 15) is 9.59 Å². The number of anilines is 1. The number of carbonyl (C=O) groups excluding carboxylic acids is 1. The van der Waals surface area contributed by atoms with Crippen molar-refractivity contribution in [2.75, 3.05) is 25.5 Å². The minimum atomic E-state index is -0.172. The van der Waals surface area contributed by atoms with Gasteiger partial charge in [-0.1, -0.05) is 12.7 Å². The summed E-state index contributed by atoms with van der Waals surface area (Å²) in [5.41, 5.74) is 5.76. The van der Waals surface area contributed by atoms with Gasteiger partial charge in [0, 0.05) is 47.7 Å². The van der Waals surface area contributed by atoms with Crippen LogP contribution < -0.4 is 15.8 Å². The number of nitrogens with one attached hydrogen (secondary N) is 2. The highest BCUT2D eigenvalue weighted by Gasteiger charge is 2.28. The summed E-state index contributed by atoms with van der Waals surface area (Å²) in [6.45, 7) is 13.0. The molecule has 2 N–H and O–H groups in total. The zero-order valence-electron chi connectivity index (χ0n) is 21.6. The predicted octanol–water partition coefficient (Wildman–Crippen LogP) is 4.57. The third kappa shape index (κ3) is 5.61. The van der Waals surface area contributed by atoms with Gasteiger partial charge in [0.05, 0.1) is 0 Å². The Balaban J connectivity index is 1.86. The van der Waals surface area contributed by atoms with Gasteiger partial charge < -0.3 is 20.1 Å². The van der Waals surface area contributed by atoms with E-state index >= 15 is 0 Å². The van der Waals surface area contributed by atoms with Crippen molar-refractivity contribution < 1.29 is 4.79 Å². The fourth-order valence-electron chi connectivity index (χ4n) is 5.25. The molecule has 34 heavy (non-hydrogen) atoms. The summed E-state index contributed by atoms with van der Waals surface area (Å²) < 4.78 is 0. The summed E-state index contributed by atoms with van der Waals surface area (Å²) in [5.74, 6) is -0.172. The fraction of sp³-hybridized carbons (Fsp3) is 0.500. The third-order valence-corrected chi connectivity index (χ3v) is 7.29. The van der Waals surface area contributed by atoms with Gasteiger partial charge in [0.25, 0.3) is 11.5 Å². The van der Waals surface area contributed by atoms with E-state index in [4.69, 9.17) is 0 Å². The van der Waals surface area contributed by atoms with E-state index in [0.29, 0.717) is 23.2 Å². The molecular formula is C28H40N4O2. The molecule has 2 aromatic rings. The van der Waals surface area contributed by atoms with E-state index in [0.717, 1.165) is 47.5 Å². The minimum absolute atomic E-state index is 0.152. The van der Waals surface area contributed by atoms with Crippen molar-refractivity contribution >= 4 is 17.7 Å². The number of carbonyl (C=O) groups is 1. The molecule has 1 aliphatic rings. The van der Waals surface area contributed by atoms with E-state index < -0.39 is 0 Å². The Labute approximate surface area is 204 Å². The van der Waals surface area contributed by atoms with Gasteiger partial charge in [0.15, 0.2) is 0 Å². The van der Waals surface area contributed by atoms with Crippen LogP contribution in [0.5, 0.6) is 0 Å². The largest absolute Gasteiger partial charge is 0.369 e. The molecule has 1 aliphatic carbocycles. The van der Waals surface area contributed by atoms with Crippen LogP contribution in [0.1, 0.15) is 70.9 Å². The first-order valence-electron chi connectivity index (χ1n) is 12.3. The molecular weight excluding hydrogens is 424 g/mol. The number of hydrogen-bond acceptors (Lipinski definition) is 4. The van der Waals surface area contributed by atoms with E-state index in [1.165, 1.54) is 12.8 Å². The van der Waals surface area contributed by atoms with Crippen LogP contribution in [0.4, 0.5) is 5.69 Å². The Morgan fingerprint density at radius 3 is 2.32 bits per heavy atom. The topological polar surface area (TPSA) is 68.4 Å². The van der Waals surface area contributed by atoms with E-state index in [1.54, 1.807) is 6.08 Å². The van der Waals surface area contributed by atoms with Gasteiger partial charge in [0.2, 0.25) is 0 Å². The average Bonchev–Trinajstić information content (AvgIpc) is 2.80. The van der Waals surface area contributed by atoms with Crippen molar-refractivity contribution in [2.45, 2.75) is 72.0 Å². The minimum Gasteiger partial charge on any atom is -0.369 e. The van der Waals surface area contributed by atoms with Crippen molar-refractivity contribution in [3.8, 4) is 0 Å². The molecule has 3 rings (SSSR count). The van der Waals surface area contributed by atoms with Crippen LogP contribution >= 0.6 is 0 Å². The Morgan fingerprint density at radius 1 is 1.12 bits per heavy atom. The van der Waals surface area contributed by atoms with Crippen LogP contribution in [0.25, 0.3) is 6.08 Å². The lowest BCUT2D eigenvalue weighted by Crippen LogP contribution is -2.42. The molecule has 6 nitrogen and oxygen atoms in total. The molecule has 0 aliphatic heterocycles. The highest BCUT2D eigenvalue weighted by molar-refractivity contribution is 5.98. The number of rotatable bonds is 8. The van der Waals surface area contributed by atoms with Gasteiger partial charge in [-0.25, -0.2) is 0 Å². The molecule has 1 aromatic heterocycles.